The highest BCUT2D eigenvalue weighted by Gasteiger charge is 2.36. The van der Waals surface area contributed by atoms with Gasteiger partial charge in [-0.15, -0.1) is 0 Å². The fourth-order valence-corrected chi connectivity index (χ4v) is 3.95. The number of methoxy groups -OCH3 is 1. The average molecular weight is 356 g/mol. The number of nitrogens with zero attached hydrogens (tertiary/aromatic N) is 2. The number of ether oxygens (including phenoxy) is 1. The van der Waals surface area contributed by atoms with Crippen molar-refractivity contribution >= 4 is 5.91 Å². The standard InChI is InChI=1S/C19H24N4O3/c1-26-16-7-6-11(10-20-16)17(12-8-13(24)9-12)21-19(25)18-14-4-2-3-5-15(14)22-23-18/h6-7,10,12-13,17,24H,2-5,8-9H2,1H3,(H,21,25)(H,22,23). The van der Waals surface area contributed by atoms with Gasteiger partial charge in [-0.2, -0.15) is 5.10 Å². The third-order valence-electron chi connectivity index (χ3n) is 5.51. The number of aliphatic hydroxyl groups is 1. The zero-order valence-corrected chi connectivity index (χ0v) is 14.9. The molecule has 3 N–H and O–H groups in total. The molecule has 138 valence electrons. The van der Waals surface area contributed by atoms with Crippen molar-refractivity contribution in [3.05, 3.63) is 40.8 Å². The summed E-state index contributed by atoms with van der Waals surface area (Å²) < 4.78 is 5.12. The Hall–Kier alpha value is -2.41. The normalized spacial score (nSPS) is 22.8. The Morgan fingerprint density at radius 2 is 2.15 bits per heavy atom. The zero-order chi connectivity index (χ0) is 18.1. The summed E-state index contributed by atoms with van der Waals surface area (Å²) in [6.45, 7) is 0. The first-order valence-corrected chi connectivity index (χ1v) is 9.20. The number of carbonyl (C=O) groups is 1. The largest absolute Gasteiger partial charge is 0.481 e. The second-order valence-corrected chi connectivity index (χ2v) is 7.21. The number of aryl methyl sites for hydroxylation is 1. The molecule has 0 radical (unpaired) electrons. The lowest BCUT2D eigenvalue weighted by Crippen LogP contribution is -2.41. The molecule has 0 aromatic carbocycles. The summed E-state index contributed by atoms with van der Waals surface area (Å²) in [4.78, 5) is 17.2. The maximum Gasteiger partial charge on any atom is 0.272 e. The first kappa shape index (κ1) is 17.0. The summed E-state index contributed by atoms with van der Waals surface area (Å²) in [5, 5.41) is 20.1. The number of rotatable bonds is 5. The first-order chi connectivity index (χ1) is 12.7. The molecule has 2 heterocycles. The third kappa shape index (κ3) is 3.19. The number of aromatic amines is 1. The van der Waals surface area contributed by atoms with E-state index in [-0.39, 0.29) is 24.0 Å². The number of pyridine rings is 1. The van der Waals surface area contributed by atoms with E-state index < -0.39 is 0 Å². The lowest BCUT2D eigenvalue weighted by atomic mass is 9.75. The highest BCUT2D eigenvalue weighted by Crippen LogP contribution is 2.38. The minimum Gasteiger partial charge on any atom is -0.481 e. The number of hydrogen-bond donors (Lipinski definition) is 3. The van der Waals surface area contributed by atoms with Crippen LogP contribution in [-0.4, -0.2) is 39.4 Å². The van der Waals surface area contributed by atoms with Gasteiger partial charge in [0.05, 0.1) is 19.3 Å². The van der Waals surface area contributed by atoms with Crippen LogP contribution in [0.4, 0.5) is 0 Å². The van der Waals surface area contributed by atoms with Gasteiger partial charge in [0.15, 0.2) is 5.69 Å². The molecular formula is C19H24N4O3. The maximum absolute atomic E-state index is 12.9. The van der Waals surface area contributed by atoms with E-state index in [1.807, 2.05) is 6.07 Å². The molecule has 1 atom stereocenters. The quantitative estimate of drug-likeness (QED) is 0.760. The molecule has 2 aliphatic rings. The molecule has 1 saturated carbocycles. The Kier molecular flexibility index (Phi) is 4.63. The molecular weight excluding hydrogens is 332 g/mol. The van der Waals surface area contributed by atoms with Gasteiger partial charge in [0, 0.05) is 23.5 Å². The van der Waals surface area contributed by atoms with Crippen LogP contribution in [0.2, 0.25) is 0 Å². The second-order valence-electron chi connectivity index (χ2n) is 7.21. The number of amides is 1. The topological polar surface area (TPSA) is 100 Å². The second kappa shape index (κ2) is 7.07. The van der Waals surface area contributed by atoms with Gasteiger partial charge in [-0.25, -0.2) is 4.98 Å². The molecule has 1 amide bonds. The molecule has 2 aromatic rings. The number of fused-ring (bicyclic) bond motifs is 1. The van der Waals surface area contributed by atoms with Gasteiger partial charge in [0.25, 0.3) is 5.91 Å². The highest BCUT2D eigenvalue weighted by atomic mass is 16.5. The Morgan fingerprint density at radius 3 is 2.85 bits per heavy atom. The monoisotopic (exact) mass is 356 g/mol. The smallest absolute Gasteiger partial charge is 0.272 e. The molecule has 0 aliphatic heterocycles. The molecule has 4 rings (SSSR count). The van der Waals surface area contributed by atoms with Crippen molar-refractivity contribution < 1.29 is 14.6 Å². The van der Waals surface area contributed by atoms with E-state index in [1.54, 1.807) is 19.4 Å². The number of aliphatic hydroxyl groups excluding tert-OH is 1. The number of aromatic nitrogens is 3. The van der Waals surface area contributed by atoms with Crippen LogP contribution in [0.3, 0.4) is 0 Å². The summed E-state index contributed by atoms with van der Waals surface area (Å²) in [7, 11) is 1.57. The summed E-state index contributed by atoms with van der Waals surface area (Å²) in [6.07, 6.45) is 6.87. The van der Waals surface area contributed by atoms with Gasteiger partial charge >= 0.3 is 0 Å². The van der Waals surface area contributed by atoms with E-state index in [1.165, 1.54) is 0 Å². The van der Waals surface area contributed by atoms with E-state index in [4.69, 9.17) is 4.74 Å². The number of carbonyl (C=O) groups excluding carboxylic acids is 1. The third-order valence-corrected chi connectivity index (χ3v) is 5.51. The van der Waals surface area contributed by atoms with Crippen molar-refractivity contribution in [2.24, 2.45) is 5.92 Å². The van der Waals surface area contributed by atoms with Gasteiger partial charge in [-0.05, 0) is 50.0 Å². The van der Waals surface area contributed by atoms with Crippen LogP contribution in [0, 0.1) is 5.92 Å². The highest BCUT2D eigenvalue weighted by molar-refractivity contribution is 5.94. The Morgan fingerprint density at radius 1 is 1.35 bits per heavy atom. The van der Waals surface area contributed by atoms with Crippen molar-refractivity contribution in [3.63, 3.8) is 0 Å². The van der Waals surface area contributed by atoms with E-state index in [0.29, 0.717) is 24.4 Å². The fraction of sp³-hybridized carbons (Fsp3) is 0.526. The van der Waals surface area contributed by atoms with Crippen LogP contribution in [0.25, 0.3) is 0 Å². The maximum atomic E-state index is 12.9. The van der Waals surface area contributed by atoms with E-state index in [9.17, 15) is 9.90 Å². The number of hydrogen-bond acceptors (Lipinski definition) is 5. The van der Waals surface area contributed by atoms with Crippen molar-refractivity contribution in [3.8, 4) is 5.88 Å². The predicted molar refractivity (Wildman–Crippen MR) is 95.0 cm³/mol. The fourth-order valence-electron chi connectivity index (χ4n) is 3.95. The zero-order valence-electron chi connectivity index (χ0n) is 14.9. The van der Waals surface area contributed by atoms with Gasteiger partial charge in [-0.3, -0.25) is 9.89 Å². The van der Waals surface area contributed by atoms with Crippen molar-refractivity contribution in [2.45, 2.75) is 50.7 Å². The minimum absolute atomic E-state index is 0.161. The van der Waals surface area contributed by atoms with Crippen LogP contribution in [0.5, 0.6) is 5.88 Å². The van der Waals surface area contributed by atoms with Crippen LogP contribution in [0.1, 0.15) is 59.0 Å². The van der Waals surface area contributed by atoms with Crippen molar-refractivity contribution in [2.75, 3.05) is 7.11 Å². The SMILES string of the molecule is COc1ccc(C(NC(=O)c2n[nH]c3c2CCCC3)C2CC(O)C2)cn1. The Bertz CT molecular complexity index is 781. The van der Waals surface area contributed by atoms with Crippen LogP contribution in [0.15, 0.2) is 18.3 Å². The molecule has 0 saturated heterocycles. The molecule has 7 heteroatoms. The lowest BCUT2D eigenvalue weighted by molar-refractivity contribution is 0.0234. The summed E-state index contributed by atoms with van der Waals surface area (Å²) in [5.41, 5.74) is 3.56. The van der Waals surface area contributed by atoms with Crippen molar-refractivity contribution in [1.29, 1.82) is 0 Å². The summed E-state index contributed by atoms with van der Waals surface area (Å²) in [5.74, 6) is 0.569. The van der Waals surface area contributed by atoms with E-state index in [2.05, 4.69) is 20.5 Å². The van der Waals surface area contributed by atoms with Crippen molar-refractivity contribution in [1.82, 2.24) is 20.5 Å². The lowest BCUT2D eigenvalue weighted by Gasteiger charge is -2.38. The molecule has 2 aromatic heterocycles. The molecule has 0 bridgehead atoms. The van der Waals surface area contributed by atoms with Gasteiger partial charge in [0.2, 0.25) is 5.88 Å². The molecule has 1 fully saturated rings. The average Bonchev–Trinajstić information content (AvgIpc) is 3.08. The molecule has 26 heavy (non-hydrogen) atoms. The molecule has 0 spiro atoms. The predicted octanol–water partition coefficient (Wildman–Crippen LogP) is 1.93. The number of nitrogens with one attached hydrogen (secondary N) is 2. The van der Waals surface area contributed by atoms with E-state index >= 15 is 0 Å². The Labute approximate surface area is 152 Å². The molecule has 1 unspecified atom stereocenters. The molecule has 2 aliphatic carbocycles. The molecule has 7 nitrogen and oxygen atoms in total. The minimum atomic E-state index is -0.288. The van der Waals surface area contributed by atoms with Gasteiger partial charge in [-0.1, -0.05) is 6.07 Å². The van der Waals surface area contributed by atoms with Crippen LogP contribution in [-0.2, 0) is 12.8 Å². The van der Waals surface area contributed by atoms with Crippen LogP contribution < -0.4 is 10.1 Å². The van der Waals surface area contributed by atoms with Crippen LogP contribution >= 0.6 is 0 Å². The first-order valence-electron chi connectivity index (χ1n) is 9.20. The van der Waals surface area contributed by atoms with Gasteiger partial charge in [0.1, 0.15) is 0 Å². The Balaban J connectivity index is 1.56. The van der Waals surface area contributed by atoms with Gasteiger partial charge < -0.3 is 15.2 Å². The number of H-pyrrole nitrogens is 1. The summed E-state index contributed by atoms with van der Waals surface area (Å²) >= 11 is 0. The van der Waals surface area contributed by atoms with E-state index in [0.717, 1.165) is 42.5 Å². The summed E-state index contributed by atoms with van der Waals surface area (Å²) in [6, 6.07) is 3.52.